The number of nitrogens with one attached hydrogen (secondary N) is 1. The van der Waals surface area contributed by atoms with Gasteiger partial charge in [0, 0.05) is 30.8 Å². The number of hydrogen-bond donors (Lipinski definition) is 2. The minimum Gasteiger partial charge on any atom is -0.356 e. The van der Waals surface area contributed by atoms with Crippen LogP contribution in [0.3, 0.4) is 0 Å². The molecule has 3 nitrogen and oxygen atoms in total. The number of hydrogen-bond acceptors (Lipinski definition) is 2. The average Bonchev–Trinajstić information content (AvgIpc) is 2.57. The summed E-state index contributed by atoms with van der Waals surface area (Å²) >= 11 is 0. The summed E-state index contributed by atoms with van der Waals surface area (Å²) in [5.41, 5.74) is 6.09. The summed E-state index contributed by atoms with van der Waals surface area (Å²) in [6.07, 6.45) is 2.21. The third-order valence-electron chi connectivity index (χ3n) is 6.12. The van der Waals surface area contributed by atoms with Crippen LogP contribution in [0, 0.1) is 17.3 Å². The van der Waals surface area contributed by atoms with Crippen molar-refractivity contribution in [3.05, 3.63) is 0 Å². The Morgan fingerprint density at radius 1 is 1.14 bits per heavy atom. The quantitative estimate of drug-likeness (QED) is 0.842. The van der Waals surface area contributed by atoms with Crippen molar-refractivity contribution < 1.29 is 13.6 Å². The molecule has 0 aliphatic heterocycles. The van der Waals surface area contributed by atoms with Crippen LogP contribution in [0.15, 0.2) is 0 Å². The molecule has 2 unspecified atom stereocenters. The molecule has 0 aromatic heterocycles. The minimum absolute atomic E-state index is 0.0279. The molecule has 0 radical (unpaired) electrons. The summed E-state index contributed by atoms with van der Waals surface area (Å²) in [6.45, 7) is 6.97. The topological polar surface area (TPSA) is 55.1 Å². The van der Waals surface area contributed by atoms with Crippen molar-refractivity contribution in [1.82, 2.24) is 5.32 Å². The summed E-state index contributed by atoms with van der Waals surface area (Å²) in [5, 5.41) is 2.98. The molecule has 21 heavy (non-hydrogen) atoms. The van der Waals surface area contributed by atoms with Gasteiger partial charge >= 0.3 is 0 Å². The molecule has 0 bridgehead atoms. The monoisotopic (exact) mass is 302 g/mol. The normalized spacial score (nSPS) is 35.6. The zero-order valence-electron chi connectivity index (χ0n) is 13.3. The molecule has 0 saturated heterocycles. The number of alkyl halides is 2. The highest BCUT2D eigenvalue weighted by Gasteiger charge is 2.49. The first kappa shape index (κ1) is 16.7. The second kappa shape index (κ2) is 5.49. The van der Waals surface area contributed by atoms with Crippen molar-refractivity contribution in [3.63, 3.8) is 0 Å². The number of carbonyl (C=O) groups is 1. The van der Waals surface area contributed by atoms with Crippen molar-refractivity contribution in [3.8, 4) is 0 Å². The van der Waals surface area contributed by atoms with Crippen LogP contribution in [0.4, 0.5) is 8.78 Å². The minimum atomic E-state index is -2.58. The zero-order chi connectivity index (χ0) is 15.9. The summed E-state index contributed by atoms with van der Waals surface area (Å²) < 4.78 is 26.2. The number of halogens is 2. The molecule has 0 aromatic rings. The van der Waals surface area contributed by atoms with E-state index in [4.69, 9.17) is 5.73 Å². The first-order valence-electron chi connectivity index (χ1n) is 8.00. The van der Waals surface area contributed by atoms with Gasteiger partial charge in [-0.25, -0.2) is 8.78 Å². The number of nitrogens with two attached hydrogens (primary N) is 1. The first-order chi connectivity index (χ1) is 9.55. The third-order valence-corrected chi connectivity index (χ3v) is 6.12. The fourth-order valence-electron chi connectivity index (χ4n) is 3.65. The van der Waals surface area contributed by atoms with Crippen LogP contribution in [-0.2, 0) is 4.79 Å². The van der Waals surface area contributed by atoms with Gasteiger partial charge in [0.25, 0.3) is 0 Å². The van der Waals surface area contributed by atoms with E-state index in [1.165, 1.54) is 0 Å². The lowest BCUT2D eigenvalue weighted by molar-refractivity contribution is -0.129. The van der Waals surface area contributed by atoms with Crippen molar-refractivity contribution in [2.75, 3.05) is 6.54 Å². The smallest absolute Gasteiger partial charge is 0.248 e. The van der Waals surface area contributed by atoms with Gasteiger partial charge in [-0.2, -0.15) is 0 Å². The van der Waals surface area contributed by atoms with Crippen molar-refractivity contribution in [1.29, 1.82) is 0 Å². The maximum atomic E-state index is 13.1. The molecule has 122 valence electrons. The Balaban J connectivity index is 1.83. The summed E-state index contributed by atoms with van der Waals surface area (Å²) in [6, 6.07) is 0. The highest BCUT2D eigenvalue weighted by Crippen LogP contribution is 2.48. The number of amides is 1. The molecule has 3 N–H and O–H groups in total. The van der Waals surface area contributed by atoms with Gasteiger partial charge in [-0.05, 0) is 43.9 Å². The zero-order valence-corrected chi connectivity index (χ0v) is 13.3. The van der Waals surface area contributed by atoms with E-state index in [9.17, 15) is 13.6 Å². The molecule has 0 spiro atoms. The molecule has 0 heterocycles. The highest BCUT2D eigenvalue weighted by atomic mass is 19.3. The molecule has 2 rings (SSSR count). The second-order valence-corrected chi connectivity index (χ2v) is 7.75. The van der Waals surface area contributed by atoms with Gasteiger partial charge in [0.15, 0.2) is 0 Å². The largest absolute Gasteiger partial charge is 0.356 e. The van der Waals surface area contributed by atoms with E-state index in [2.05, 4.69) is 26.1 Å². The van der Waals surface area contributed by atoms with E-state index in [-0.39, 0.29) is 35.6 Å². The number of carbonyl (C=O) groups excluding carboxylic acids is 1. The molecule has 2 saturated carbocycles. The van der Waals surface area contributed by atoms with Gasteiger partial charge in [0.2, 0.25) is 11.8 Å². The van der Waals surface area contributed by atoms with Gasteiger partial charge in [-0.3, -0.25) is 4.79 Å². The molecule has 0 aromatic carbocycles. The third kappa shape index (κ3) is 3.38. The van der Waals surface area contributed by atoms with E-state index in [0.29, 0.717) is 25.3 Å². The average molecular weight is 302 g/mol. The van der Waals surface area contributed by atoms with Crippen LogP contribution in [-0.4, -0.2) is 23.9 Å². The molecule has 1 amide bonds. The summed E-state index contributed by atoms with van der Waals surface area (Å²) in [4.78, 5) is 12.2. The maximum Gasteiger partial charge on any atom is 0.248 e. The Morgan fingerprint density at radius 2 is 1.71 bits per heavy atom. The fourth-order valence-corrected chi connectivity index (χ4v) is 3.65. The predicted molar refractivity (Wildman–Crippen MR) is 79.0 cm³/mol. The molecule has 2 aliphatic carbocycles. The van der Waals surface area contributed by atoms with Crippen molar-refractivity contribution in [2.24, 2.45) is 23.0 Å². The lowest BCUT2D eigenvalue weighted by Gasteiger charge is -2.39. The van der Waals surface area contributed by atoms with Crippen LogP contribution < -0.4 is 11.1 Å². The Kier molecular flexibility index (Phi) is 4.35. The number of rotatable bonds is 3. The van der Waals surface area contributed by atoms with Crippen LogP contribution in [0.25, 0.3) is 0 Å². The Hall–Kier alpha value is -0.710. The predicted octanol–water partition coefficient (Wildman–Crippen LogP) is 3.08. The Labute approximate surface area is 126 Å². The van der Waals surface area contributed by atoms with Crippen LogP contribution >= 0.6 is 0 Å². The molecular weight excluding hydrogens is 274 g/mol. The van der Waals surface area contributed by atoms with Gasteiger partial charge in [0.05, 0.1) is 0 Å². The fraction of sp³-hybridized carbons (Fsp3) is 0.938. The molecular formula is C16H28F2N2O. The standard InChI is InChI=1S/C16H28F2N2O/c1-14(2)12(6-7-15(14,3)19)10-20-13(21)11-4-8-16(17,18)9-5-11/h11-12H,4-10,19H2,1-3H3,(H,20,21). The lowest BCUT2D eigenvalue weighted by Crippen LogP contribution is -2.50. The first-order valence-corrected chi connectivity index (χ1v) is 8.00. The molecule has 2 aliphatic rings. The molecule has 2 fully saturated rings. The van der Waals surface area contributed by atoms with Gasteiger partial charge in [0.1, 0.15) is 0 Å². The summed E-state index contributed by atoms with van der Waals surface area (Å²) in [5.74, 6) is -2.54. The molecule has 5 heteroatoms. The summed E-state index contributed by atoms with van der Waals surface area (Å²) in [7, 11) is 0. The van der Waals surface area contributed by atoms with Crippen LogP contribution in [0.2, 0.25) is 0 Å². The van der Waals surface area contributed by atoms with E-state index in [0.717, 1.165) is 12.8 Å². The van der Waals surface area contributed by atoms with Gasteiger partial charge in [-0.1, -0.05) is 13.8 Å². The van der Waals surface area contributed by atoms with E-state index < -0.39 is 5.92 Å². The van der Waals surface area contributed by atoms with E-state index >= 15 is 0 Å². The Morgan fingerprint density at radius 3 is 2.19 bits per heavy atom. The van der Waals surface area contributed by atoms with Crippen LogP contribution in [0.5, 0.6) is 0 Å². The van der Waals surface area contributed by atoms with Crippen LogP contribution in [0.1, 0.15) is 59.3 Å². The lowest BCUT2D eigenvalue weighted by atomic mass is 9.72. The van der Waals surface area contributed by atoms with Gasteiger partial charge < -0.3 is 11.1 Å². The van der Waals surface area contributed by atoms with E-state index in [1.54, 1.807) is 0 Å². The second-order valence-electron chi connectivity index (χ2n) is 7.75. The van der Waals surface area contributed by atoms with E-state index in [1.807, 2.05) is 0 Å². The van der Waals surface area contributed by atoms with Gasteiger partial charge in [-0.15, -0.1) is 0 Å². The van der Waals surface area contributed by atoms with Crippen molar-refractivity contribution >= 4 is 5.91 Å². The highest BCUT2D eigenvalue weighted by molar-refractivity contribution is 5.78. The van der Waals surface area contributed by atoms with Crippen molar-refractivity contribution in [2.45, 2.75) is 70.8 Å². The Bertz CT molecular complexity index is 397. The SMILES string of the molecule is CC1(N)CCC(CNC(=O)C2CCC(F)(F)CC2)C1(C)C. The maximum absolute atomic E-state index is 13.1. The molecule has 2 atom stereocenters.